The smallest absolute Gasteiger partial charge is 0.342 e. The molecule has 5 rings (SSSR count). The lowest BCUT2D eigenvalue weighted by molar-refractivity contribution is -0.137. The highest BCUT2D eigenvalue weighted by molar-refractivity contribution is 5.99. The Hall–Kier alpha value is -4.21. The van der Waals surface area contributed by atoms with Crippen molar-refractivity contribution >= 4 is 22.8 Å². The van der Waals surface area contributed by atoms with Gasteiger partial charge in [-0.05, 0) is 86.2 Å². The van der Waals surface area contributed by atoms with Gasteiger partial charge in [0.05, 0.1) is 16.6 Å². The summed E-state index contributed by atoms with van der Waals surface area (Å²) >= 11 is 0. The Morgan fingerprint density at radius 1 is 1.02 bits per heavy atom. The van der Waals surface area contributed by atoms with E-state index in [1.165, 1.54) is 18.2 Å². The molecule has 0 spiro atoms. The molecule has 0 unspecified atom stereocenters. The Kier molecular flexibility index (Phi) is 7.83. The highest BCUT2D eigenvalue weighted by atomic mass is 19.4. The number of carbonyl (C=O) groups excluding carboxylic acids is 2. The van der Waals surface area contributed by atoms with E-state index in [4.69, 9.17) is 0 Å². The van der Waals surface area contributed by atoms with Crippen molar-refractivity contribution in [3.63, 3.8) is 0 Å². The van der Waals surface area contributed by atoms with Crippen LogP contribution in [-0.4, -0.2) is 38.8 Å². The first kappa shape index (κ1) is 29.3. The van der Waals surface area contributed by atoms with Crippen LogP contribution in [0.2, 0.25) is 0 Å². The fourth-order valence-corrected chi connectivity index (χ4v) is 5.35. The van der Waals surface area contributed by atoms with Gasteiger partial charge in [-0.1, -0.05) is 24.3 Å². The maximum absolute atomic E-state index is 13.5. The number of benzene rings is 3. The van der Waals surface area contributed by atoms with Gasteiger partial charge in [0, 0.05) is 37.0 Å². The molecule has 1 aliphatic rings. The van der Waals surface area contributed by atoms with E-state index in [1.807, 2.05) is 20.8 Å². The number of aryl methyl sites for hydroxylation is 1. The molecule has 0 saturated heterocycles. The molecule has 220 valence electrons. The molecule has 2 heterocycles. The fraction of sp³-hybridized carbons (Fsp3) is 0.344. The van der Waals surface area contributed by atoms with Crippen LogP contribution in [0, 0.1) is 5.82 Å². The summed E-state index contributed by atoms with van der Waals surface area (Å²) in [5.74, 6) is 0.161. The first-order valence-corrected chi connectivity index (χ1v) is 13.9. The van der Waals surface area contributed by atoms with E-state index in [2.05, 4.69) is 15.3 Å². The number of fused-ring (bicyclic) bond motifs is 2. The molecule has 42 heavy (non-hydrogen) atoms. The summed E-state index contributed by atoms with van der Waals surface area (Å²) in [6, 6.07) is 12.6. The van der Waals surface area contributed by atoms with Gasteiger partial charge in [-0.25, -0.2) is 14.2 Å². The van der Waals surface area contributed by atoms with Crippen LogP contribution < -0.4 is 5.32 Å². The summed E-state index contributed by atoms with van der Waals surface area (Å²) in [5.41, 5.74) is 2.95. The largest absolute Gasteiger partial charge is 0.416 e. The highest BCUT2D eigenvalue weighted by Gasteiger charge is 2.32. The van der Waals surface area contributed by atoms with Gasteiger partial charge < -0.3 is 15.2 Å². The van der Waals surface area contributed by atoms with Gasteiger partial charge in [0.15, 0.2) is 5.78 Å². The van der Waals surface area contributed by atoms with E-state index >= 15 is 0 Å². The average Bonchev–Trinajstić information content (AvgIpc) is 3.32. The standard InChI is InChI=1S/C32H32F4N4O2/c1-31(2,3)39-30(42)40-15-14-23-22(19-6-4-7-20(16-19)32(34,35)36)11-12-24(25(23)18-40)28(41)8-5-9-29-37-26-13-10-21(33)17-27(26)38-29/h4,6-7,10-13,16-17H,5,8-9,14-15,18H2,1-3H3,(H,37,38)(H,39,42). The number of rotatable bonds is 6. The van der Waals surface area contributed by atoms with E-state index in [9.17, 15) is 27.2 Å². The fourth-order valence-electron chi connectivity index (χ4n) is 5.35. The lowest BCUT2D eigenvalue weighted by Crippen LogP contribution is -2.50. The van der Waals surface area contributed by atoms with Crippen molar-refractivity contribution in [1.82, 2.24) is 20.2 Å². The van der Waals surface area contributed by atoms with Crippen molar-refractivity contribution in [2.24, 2.45) is 0 Å². The number of aromatic amines is 1. The first-order chi connectivity index (χ1) is 19.8. The number of urea groups is 1. The normalized spacial score (nSPS) is 13.7. The van der Waals surface area contributed by atoms with Crippen LogP contribution in [0.5, 0.6) is 0 Å². The predicted molar refractivity (Wildman–Crippen MR) is 153 cm³/mol. The van der Waals surface area contributed by atoms with Crippen LogP contribution in [-0.2, 0) is 25.6 Å². The number of carbonyl (C=O) groups is 2. The highest BCUT2D eigenvalue weighted by Crippen LogP contribution is 2.37. The molecule has 4 aromatic rings. The summed E-state index contributed by atoms with van der Waals surface area (Å²) in [7, 11) is 0. The van der Waals surface area contributed by atoms with Crippen LogP contribution in [0.25, 0.3) is 22.2 Å². The molecule has 1 aliphatic heterocycles. The van der Waals surface area contributed by atoms with E-state index in [1.54, 1.807) is 29.2 Å². The van der Waals surface area contributed by atoms with Crippen LogP contribution in [0.4, 0.5) is 22.4 Å². The molecule has 0 atom stereocenters. The molecular weight excluding hydrogens is 548 g/mol. The molecule has 2 amide bonds. The lowest BCUT2D eigenvalue weighted by Gasteiger charge is -2.34. The van der Waals surface area contributed by atoms with Crippen molar-refractivity contribution in [2.45, 2.75) is 64.7 Å². The number of ketones is 1. The molecule has 0 fully saturated rings. The van der Waals surface area contributed by atoms with Gasteiger partial charge in [-0.3, -0.25) is 4.79 Å². The number of nitrogens with zero attached hydrogens (tertiary/aromatic N) is 2. The third-order valence-corrected chi connectivity index (χ3v) is 7.29. The average molecular weight is 581 g/mol. The van der Waals surface area contributed by atoms with Crippen LogP contribution in [0.1, 0.15) is 66.5 Å². The zero-order chi connectivity index (χ0) is 30.2. The summed E-state index contributed by atoms with van der Waals surface area (Å²) in [6.45, 7) is 6.16. The van der Waals surface area contributed by atoms with E-state index in [0.717, 1.165) is 17.7 Å². The number of Topliss-reactive ketones (excluding diaryl/α,β-unsaturated/α-hetero) is 1. The monoisotopic (exact) mass is 580 g/mol. The number of H-pyrrole nitrogens is 1. The summed E-state index contributed by atoms with van der Waals surface area (Å²) in [5, 5.41) is 2.95. The van der Waals surface area contributed by atoms with E-state index in [-0.39, 0.29) is 30.6 Å². The second-order valence-corrected chi connectivity index (χ2v) is 11.7. The predicted octanol–water partition coefficient (Wildman–Crippen LogP) is 7.46. The summed E-state index contributed by atoms with van der Waals surface area (Å²) in [4.78, 5) is 35.7. The molecular formula is C32H32F4N4O2. The van der Waals surface area contributed by atoms with E-state index < -0.39 is 17.3 Å². The Labute approximate surface area is 241 Å². The van der Waals surface area contributed by atoms with Crippen LogP contribution >= 0.6 is 0 Å². The molecule has 0 bridgehead atoms. The number of halogens is 4. The molecule has 3 aromatic carbocycles. The Balaban J connectivity index is 1.42. The number of nitrogens with one attached hydrogen (secondary N) is 2. The molecule has 6 nitrogen and oxygen atoms in total. The number of amides is 2. The summed E-state index contributed by atoms with van der Waals surface area (Å²) in [6.07, 6.45) is -2.92. The minimum atomic E-state index is -4.48. The maximum atomic E-state index is 13.5. The number of aromatic nitrogens is 2. The minimum Gasteiger partial charge on any atom is -0.342 e. The van der Waals surface area contributed by atoms with Crippen LogP contribution in [0.3, 0.4) is 0 Å². The topological polar surface area (TPSA) is 78.1 Å². The van der Waals surface area contributed by atoms with Gasteiger partial charge in [0.25, 0.3) is 0 Å². The van der Waals surface area contributed by atoms with Crippen molar-refractivity contribution in [2.75, 3.05) is 6.54 Å². The molecule has 1 aromatic heterocycles. The number of imidazole rings is 1. The van der Waals surface area contributed by atoms with Gasteiger partial charge in [-0.2, -0.15) is 13.2 Å². The number of alkyl halides is 3. The zero-order valence-corrected chi connectivity index (χ0v) is 23.7. The van der Waals surface area contributed by atoms with Crippen molar-refractivity contribution < 1.29 is 27.2 Å². The van der Waals surface area contributed by atoms with Gasteiger partial charge >= 0.3 is 12.2 Å². The molecule has 0 aliphatic carbocycles. The van der Waals surface area contributed by atoms with Crippen molar-refractivity contribution in [3.8, 4) is 11.1 Å². The van der Waals surface area contributed by atoms with Crippen molar-refractivity contribution in [1.29, 1.82) is 0 Å². The second kappa shape index (κ2) is 11.2. The third-order valence-electron chi connectivity index (χ3n) is 7.29. The molecule has 10 heteroatoms. The Morgan fingerprint density at radius 3 is 2.55 bits per heavy atom. The molecule has 0 radical (unpaired) electrons. The first-order valence-electron chi connectivity index (χ1n) is 13.9. The maximum Gasteiger partial charge on any atom is 0.416 e. The third kappa shape index (κ3) is 6.48. The van der Waals surface area contributed by atoms with Gasteiger partial charge in [0.1, 0.15) is 11.6 Å². The number of hydrogen-bond donors (Lipinski definition) is 2. The Bertz CT molecular complexity index is 1650. The van der Waals surface area contributed by atoms with Gasteiger partial charge in [-0.15, -0.1) is 0 Å². The van der Waals surface area contributed by atoms with Crippen LogP contribution in [0.15, 0.2) is 54.6 Å². The molecule has 2 N–H and O–H groups in total. The quantitative estimate of drug-likeness (QED) is 0.184. The van der Waals surface area contributed by atoms with Crippen molar-refractivity contribution in [3.05, 3.63) is 88.5 Å². The minimum absolute atomic E-state index is 0.123. The van der Waals surface area contributed by atoms with E-state index in [0.29, 0.717) is 64.9 Å². The zero-order valence-electron chi connectivity index (χ0n) is 23.7. The SMILES string of the molecule is CC(C)(C)NC(=O)N1CCc2c(-c3cccc(C(F)(F)F)c3)ccc(C(=O)CCCc3nc4ccc(F)cc4[nH]3)c2C1. The van der Waals surface area contributed by atoms with Gasteiger partial charge in [0.2, 0.25) is 0 Å². The summed E-state index contributed by atoms with van der Waals surface area (Å²) < 4.78 is 53.9. The lowest BCUT2D eigenvalue weighted by atomic mass is 9.85. The molecule has 0 saturated carbocycles. The Morgan fingerprint density at radius 2 is 1.81 bits per heavy atom. The second-order valence-electron chi connectivity index (χ2n) is 11.7. The number of hydrogen-bond acceptors (Lipinski definition) is 3.